The van der Waals surface area contributed by atoms with Gasteiger partial charge in [-0.25, -0.2) is 0 Å². The summed E-state index contributed by atoms with van der Waals surface area (Å²) < 4.78 is 23.0. The first kappa shape index (κ1) is 24.0. The van der Waals surface area contributed by atoms with E-state index in [0.29, 0.717) is 0 Å². The van der Waals surface area contributed by atoms with Gasteiger partial charge < -0.3 is 24.1 Å². The maximum Gasteiger partial charge on any atom is 0.308 e. The summed E-state index contributed by atoms with van der Waals surface area (Å²) in [6, 6.07) is 0. The highest BCUT2D eigenvalue weighted by atomic mass is 16.6. The molecule has 32 heavy (non-hydrogen) atoms. The fraction of sp³-hybridized carbons (Fsp3) is 0.920. The second-order valence-electron chi connectivity index (χ2n) is 12.0. The molecule has 2 saturated heterocycles. The zero-order valence-electron chi connectivity index (χ0n) is 20.4. The Morgan fingerprint density at radius 1 is 0.875 bits per heavy atom. The lowest BCUT2D eigenvalue weighted by molar-refractivity contribution is -0.168. The second kappa shape index (κ2) is 7.95. The average molecular weight is 453 g/mol. The van der Waals surface area contributed by atoms with Crippen LogP contribution in [0.25, 0.3) is 0 Å². The lowest BCUT2D eigenvalue weighted by Gasteiger charge is -2.37. The van der Waals surface area contributed by atoms with Gasteiger partial charge in [0, 0.05) is 11.8 Å². The number of rotatable bonds is 8. The normalized spacial score (nSPS) is 39.3. The second-order valence-corrected chi connectivity index (χ2v) is 12.0. The third-order valence-corrected chi connectivity index (χ3v) is 8.57. The molecule has 0 aromatic heterocycles. The topological polar surface area (TPSA) is 97.9 Å². The van der Waals surface area contributed by atoms with Gasteiger partial charge >= 0.3 is 11.9 Å². The molecule has 2 heterocycles. The minimum Gasteiger partial charge on any atom is -0.459 e. The van der Waals surface area contributed by atoms with Crippen LogP contribution < -0.4 is 0 Å². The molecule has 6 unspecified atom stereocenters. The van der Waals surface area contributed by atoms with E-state index in [4.69, 9.17) is 18.9 Å². The summed E-state index contributed by atoms with van der Waals surface area (Å²) in [5.41, 5.74) is -1.23. The molecule has 0 spiro atoms. The van der Waals surface area contributed by atoms with Crippen molar-refractivity contribution in [1.29, 1.82) is 0 Å². The Morgan fingerprint density at radius 3 is 1.59 bits per heavy atom. The Morgan fingerprint density at radius 2 is 1.25 bits per heavy atom. The molecule has 0 aromatic carbocycles. The molecule has 0 bridgehead atoms. The third kappa shape index (κ3) is 5.00. The molecule has 2 aliphatic carbocycles. The first-order chi connectivity index (χ1) is 14.7. The minimum absolute atomic E-state index is 0.0178. The lowest BCUT2D eigenvalue weighted by Crippen LogP contribution is -2.42. The number of esters is 2. The summed E-state index contributed by atoms with van der Waals surface area (Å²) in [6.45, 7) is 11.9. The van der Waals surface area contributed by atoms with Crippen molar-refractivity contribution in [2.45, 2.75) is 134 Å². The van der Waals surface area contributed by atoms with Crippen molar-refractivity contribution < 1.29 is 33.6 Å². The first-order valence-corrected chi connectivity index (χ1v) is 12.2. The van der Waals surface area contributed by atoms with Gasteiger partial charge in [0.05, 0.1) is 42.4 Å². The number of epoxide rings is 2. The number of carbonyl (C=O) groups excluding carboxylic acids is 2. The molecule has 2 saturated carbocycles. The van der Waals surface area contributed by atoms with Crippen molar-refractivity contribution in [3.8, 4) is 0 Å². The van der Waals surface area contributed by atoms with E-state index in [2.05, 4.69) is 13.8 Å². The van der Waals surface area contributed by atoms with E-state index in [0.717, 1.165) is 38.5 Å². The molecular formula is C25H40O7. The van der Waals surface area contributed by atoms with Crippen molar-refractivity contribution in [1.82, 2.24) is 0 Å². The van der Waals surface area contributed by atoms with Crippen LogP contribution in [-0.2, 0) is 28.5 Å². The zero-order chi connectivity index (χ0) is 23.5. The van der Waals surface area contributed by atoms with E-state index in [1.165, 1.54) is 0 Å². The molecule has 1 N–H and O–H groups in total. The van der Waals surface area contributed by atoms with Crippen LogP contribution in [0.5, 0.6) is 0 Å². The van der Waals surface area contributed by atoms with Crippen molar-refractivity contribution in [2.24, 2.45) is 11.8 Å². The predicted octanol–water partition coefficient (Wildman–Crippen LogP) is 3.69. The molecule has 182 valence electrons. The smallest absolute Gasteiger partial charge is 0.308 e. The van der Waals surface area contributed by atoms with Crippen LogP contribution in [0, 0.1) is 11.8 Å². The summed E-state index contributed by atoms with van der Waals surface area (Å²) in [5, 5.41) is 10.3. The molecule has 7 heteroatoms. The van der Waals surface area contributed by atoms with Crippen LogP contribution in [-0.4, -0.2) is 57.8 Å². The predicted molar refractivity (Wildman–Crippen MR) is 117 cm³/mol. The monoisotopic (exact) mass is 452 g/mol. The van der Waals surface area contributed by atoms with Crippen LogP contribution in [0.2, 0.25) is 0 Å². The number of fused-ring (bicyclic) bond motifs is 2. The number of aliphatic hydroxyl groups excluding tert-OH is 1. The van der Waals surface area contributed by atoms with Crippen molar-refractivity contribution >= 4 is 11.9 Å². The molecule has 2 aliphatic heterocycles. The van der Waals surface area contributed by atoms with Crippen LogP contribution >= 0.6 is 0 Å². The summed E-state index contributed by atoms with van der Waals surface area (Å²) in [7, 11) is 0. The van der Waals surface area contributed by atoms with Gasteiger partial charge in [-0.15, -0.1) is 0 Å². The Kier molecular flexibility index (Phi) is 5.95. The SMILES string of the molecule is CC(C)(OC(=O)CC(O)CC(=O)OC(C)(C)C1CCC2(C)OC2C1)C1CCC2(C)OC2C1. The summed E-state index contributed by atoms with van der Waals surface area (Å²) in [5.74, 6) is -0.528. The van der Waals surface area contributed by atoms with Crippen molar-refractivity contribution in [2.75, 3.05) is 0 Å². The lowest BCUT2D eigenvalue weighted by atomic mass is 9.75. The van der Waals surface area contributed by atoms with E-state index >= 15 is 0 Å². The van der Waals surface area contributed by atoms with Gasteiger partial charge in [-0.1, -0.05) is 0 Å². The van der Waals surface area contributed by atoms with Crippen molar-refractivity contribution in [3.63, 3.8) is 0 Å². The number of hydrogen-bond acceptors (Lipinski definition) is 7. The van der Waals surface area contributed by atoms with Gasteiger partial charge in [-0.2, -0.15) is 0 Å². The summed E-state index contributed by atoms with van der Waals surface area (Å²) in [6.07, 6.45) is 4.56. The highest BCUT2D eigenvalue weighted by molar-refractivity contribution is 5.74. The van der Waals surface area contributed by atoms with Crippen molar-refractivity contribution in [3.05, 3.63) is 0 Å². The largest absolute Gasteiger partial charge is 0.459 e. The highest BCUT2D eigenvalue weighted by Crippen LogP contribution is 2.53. The van der Waals surface area contributed by atoms with Gasteiger partial charge in [0.1, 0.15) is 11.2 Å². The summed E-state index contributed by atoms with van der Waals surface area (Å²) in [4.78, 5) is 24.9. The molecule has 4 aliphatic rings. The molecule has 0 amide bonds. The van der Waals surface area contributed by atoms with Gasteiger partial charge in [-0.05, 0) is 80.1 Å². The van der Waals surface area contributed by atoms with Crippen LogP contribution in [0.1, 0.15) is 92.9 Å². The van der Waals surface area contributed by atoms with Crippen LogP contribution in [0.15, 0.2) is 0 Å². The Balaban J connectivity index is 1.20. The van der Waals surface area contributed by atoms with Gasteiger partial charge in [0.25, 0.3) is 0 Å². The third-order valence-electron chi connectivity index (χ3n) is 8.57. The molecule has 7 nitrogen and oxygen atoms in total. The Labute approximate surface area is 191 Å². The Bertz CT molecular complexity index is 699. The number of ether oxygens (including phenoxy) is 4. The summed E-state index contributed by atoms with van der Waals surface area (Å²) >= 11 is 0. The highest BCUT2D eigenvalue weighted by Gasteiger charge is 2.58. The van der Waals surface area contributed by atoms with E-state index in [9.17, 15) is 14.7 Å². The van der Waals surface area contributed by atoms with Gasteiger partial charge in [-0.3, -0.25) is 9.59 Å². The van der Waals surface area contributed by atoms with Crippen LogP contribution in [0.4, 0.5) is 0 Å². The number of hydrogen-bond donors (Lipinski definition) is 1. The maximum atomic E-state index is 12.5. The average Bonchev–Trinajstić information content (AvgIpc) is 3.51. The Hall–Kier alpha value is -1.18. The molecule has 0 radical (unpaired) electrons. The fourth-order valence-corrected chi connectivity index (χ4v) is 5.85. The molecule has 0 aromatic rings. The molecule has 4 rings (SSSR count). The number of carbonyl (C=O) groups is 2. The number of aliphatic hydroxyl groups is 1. The first-order valence-electron chi connectivity index (χ1n) is 12.2. The van der Waals surface area contributed by atoms with E-state index in [-0.39, 0.29) is 48.1 Å². The van der Waals surface area contributed by atoms with E-state index < -0.39 is 29.2 Å². The quantitative estimate of drug-likeness (QED) is 0.443. The van der Waals surface area contributed by atoms with Gasteiger partial charge in [0.2, 0.25) is 0 Å². The molecular weight excluding hydrogens is 412 g/mol. The fourth-order valence-electron chi connectivity index (χ4n) is 5.85. The van der Waals surface area contributed by atoms with E-state index in [1.807, 2.05) is 27.7 Å². The molecule has 4 fully saturated rings. The van der Waals surface area contributed by atoms with E-state index in [1.54, 1.807) is 0 Å². The van der Waals surface area contributed by atoms with Gasteiger partial charge in [0.15, 0.2) is 0 Å². The maximum absolute atomic E-state index is 12.5. The molecule has 6 atom stereocenters. The van der Waals surface area contributed by atoms with Crippen LogP contribution in [0.3, 0.4) is 0 Å². The zero-order valence-corrected chi connectivity index (χ0v) is 20.4. The standard InChI is InChI=1S/C25H40O7/c1-22(2,15-7-9-24(5)18(11-15)29-24)31-20(27)13-17(26)14-21(28)32-23(3,4)16-8-10-25(6)19(12-16)30-25/h15-19,26H,7-14H2,1-6H3. The minimum atomic E-state index is -1.12.